The van der Waals surface area contributed by atoms with Crippen molar-refractivity contribution in [3.8, 4) is 0 Å². The second-order valence-electron chi connectivity index (χ2n) is 4.73. The molecule has 1 rings (SSSR count). The van der Waals surface area contributed by atoms with Crippen LogP contribution in [0.4, 0.5) is 0 Å². The summed E-state index contributed by atoms with van der Waals surface area (Å²) in [5.74, 6) is 0. The number of aromatic nitrogens is 2. The lowest BCUT2D eigenvalue weighted by atomic mass is 10.1. The van der Waals surface area contributed by atoms with Crippen LogP contribution in [0.3, 0.4) is 0 Å². The third-order valence-electron chi connectivity index (χ3n) is 2.40. The Labute approximate surface area is 86.3 Å². The van der Waals surface area contributed by atoms with E-state index in [1.54, 1.807) is 0 Å². The van der Waals surface area contributed by atoms with E-state index in [4.69, 9.17) is 5.73 Å². The molecule has 0 spiro atoms. The highest BCUT2D eigenvalue weighted by Crippen LogP contribution is 2.18. The summed E-state index contributed by atoms with van der Waals surface area (Å²) in [6, 6.07) is 0. The molecule has 0 aliphatic heterocycles. The molecule has 0 saturated carbocycles. The highest BCUT2D eigenvalue weighted by atomic mass is 15.3. The highest BCUT2D eigenvalue weighted by molar-refractivity contribution is 5.17. The Bertz CT molecular complexity index is 294. The number of rotatable bonds is 3. The van der Waals surface area contributed by atoms with Gasteiger partial charge in [0.05, 0.1) is 11.7 Å². The van der Waals surface area contributed by atoms with E-state index in [2.05, 4.69) is 37.5 Å². The number of nitrogens with zero attached hydrogens (tertiary/aromatic N) is 2. The van der Waals surface area contributed by atoms with E-state index < -0.39 is 0 Å². The van der Waals surface area contributed by atoms with E-state index in [1.807, 2.05) is 6.20 Å². The van der Waals surface area contributed by atoms with Gasteiger partial charge < -0.3 is 5.73 Å². The fourth-order valence-corrected chi connectivity index (χ4v) is 1.66. The molecule has 0 aliphatic rings. The fraction of sp³-hybridized carbons (Fsp3) is 0.727. The lowest BCUT2D eigenvalue weighted by Crippen LogP contribution is -2.24. The molecule has 1 heterocycles. The van der Waals surface area contributed by atoms with Crippen LogP contribution >= 0.6 is 0 Å². The third kappa shape index (κ3) is 2.35. The molecule has 0 unspecified atom stereocenters. The standard InChI is InChI=1S/C11H21N3/c1-9-10(6-5-7-12)8-13-14(9)11(2,3)4/h8H,5-7,12H2,1-4H3. The highest BCUT2D eigenvalue weighted by Gasteiger charge is 2.17. The summed E-state index contributed by atoms with van der Waals surface area (Å²) < 4.78 is 2.08. The van der Waals surface area contributed by atoms with Crippen molar-refractivity contribution in [1.82, 2.24) is 9.78 Å². The summed E-state index contributed by atoms with van der Waals surface area (Å²) in [6.45, 7) is 9.38. The lowest BCUT2D eigenvalue weighted by Gasteiger charge is -2.21. The van der Waals surface area contributed by atoms with Gasteiger partial charge in [0.1, 0.15) is 0 Å². The van der Waals surface area contributed by atoms with Gasteiger partial charge in [-0.3, -0.25) is 4.68 Å². The SMILES string of the molecule is Cc1c(CCCN)cnn1C(C)(C)C. The third-order valence-corrected chi connectivity index (χ3v) is 2.40. The van der Waals surface area contributed by atoms with Crippen molar-refractivity contribution in [1.29, 1.82) is 0 Å². The zero-order chi connectivity index (χ0) is 10.8. The molecule has 0 saturated heterocycles. The molecule has 1 aromatic heterocycles. The molecule has 0 amide bonds. The maximum atomic E-state index is 5.49. The molecule has 0 atom stereocenters. The normalized spacial score (nSPS) is 12.1. The van der Waals surface area contributed by atoms with Crippen LogP contribution in [0.1, 0.15) is 38.4 Å². The van der Waals surface area contributed by atoms with Gasteiger partial charge in [0.25, 0.3) is 0 Å². The Morgan fingerprint density at radius 2 is 2.07 bits per heavy atom. The van der Waals surface area contributed by atoms with Gasteiger partial charge in [0.15, 0.2) is 0 Å². The largest absolute Gasteiger partial charge is 0.330 e. The van der Waals surface area contributed by atoms with Gasteiger partial charge in [0.2, 0.25) is 0 Å². The minimum absolute atomic E-state index is 0.0745. The Kier molecular flexibility index (Phi) is 3.32. The van der Waals surface area contributed by atoms with E-state index in [-0.39, 0.29) is 5.54 Å². The van der Waals surface area contributed by atoms with Crippen molar-refractivity contribution >= 4 is 0 Å². The molecule has 1 aromatic rings. The summed E-state index contributed by atoms with van der Waals surface area (Å²) in [5, 5.41) is 4.42. The maximum absolute atomic E-state index is 5.49. The Balaban J connectivity index is 2.86. The van der Waals surface area contributed by atoms with E-state index in [9.17, 15) is 0 Å². The summed E-state index contributed by atoms with van der Waals surface area (Å²) in [6.07, 6.45) is 4.05. The quantitative estimate of drug-likeness (QED) is 0.799. The summed E-state index contributed by atoms with van der Waals surface area (Å²) >= 11 is 0. The molecule has 3 nitrogen and oxygen atoms in total. The van der Waals surface area contributed by atoms with Crippen LogP contribution in [0.2, 0.25) is 0 Å². The summed E-state index contributed by atoms with van der Waals surface area (Å²) in [5.41, 5.74) is 8.16. The van der Waals surface area contributed by atoms with Crippen LogP contribution in [0, 0.1) is 6.92 Å². The molecule has 14 heavy (non-hydrogen) atoms. The lowest BCUT2D eigenvalue weighted by molar-refractivity contribution is 0.347. The van der Waals surface area contributed by atoms with Crippen molar-refractivity contribution in [2.75, 3.05) is 6.54 Å². The molecule has 0 aromatic carbocycles. The topological polar surface area (TPSA) is 43.8 Å². The number of nitrogens with two attached hydrogens (primary N) is 1. The van der Waals surface area contributed by atoms with Crippen LogP contribution in [0.25, 0.3) is 0 Å². The van der Waals surface area contributed by atoms with E-state index >= 15 is 0 Å². The predicted octanol–water partition coefficient (Wildman–Crippen LogP) is 1.84. The van der Waals surface area contributed by atoms with Crippen molar-refractivity contribution in [3.63, 3.8) is 0 Å². The molecule has 80 valence electrons. The predicted molar refractivity (Wildman–Crippen MR) is 59.3 cm³/mol. The number of aryl methyl sites for hydroxylation is 1. The van der Waals surface area contributed by atoms with E-state index in [0.29, 0.717) is 0 Å². The van der Waals surface area contributed by atoms with Crippen molar-refractivity contribution < 1.29 is 0 Å². The van der Waals surface area contributed by atoms with E-state index in [1.165, 1.54) is 11.3 Å². The first kappa shape index (κ1) is 11.2. The van der Waals surface area contributed by atoms with Crippen molar-refractivity contribution in [2.24, 2.45) is 5.73 Å². The summed E-state index contributed by atoms with van der Waals surface area (Å²) in [4.78, 5) is 0. The number of hydrogen-bond donors (Lipinski definition) is 1. The van der Waals surface area contributed by atoms with Crippen LogP contribution in [-0.4, -0.2) is 16.3 Å². The zero-order valence-electron chi connectivity index (χ0n) is 9.67. The number of hydrogen-bond acceptors (Lipinski definition) is 2. The summed E-state index contributed by atoms with van der Waals surface area (Å²) in [7, 11) is 0. The average molecular weight is 195 g/mol. The molecular formula is C11H21N3. The first-order valence-electron chi connectivity index (χ1n) is 5.21. The first-order chi connectivity index (χ1) is 6.46. The van der Waals surface area contributed by atoms with Crippen molar-refractivity contribution in [2.45, 2.75) is 46.1 Å². The van der Waals surface area contributed by atoms with Crippen LogP contribution < -0.4 is 5.73 Å². The molecule has 3 heteroatoms. The second-order valence-corrected chi connectivity index (χ2v) is 4.73. The zero-order valence-corrected chi connectivity index (χ0v) is 9.67. The van der Waals surface area contributed by atoms with Gasteiger partial charge in [-0.2, -0.15) is 5.10 Å². The van der Waals surface area contributed by atoms with Gasteiger partial charge in [0, 0.05) is 5.69 Å². The van der Waals surface area contributed by atoms with Gasteiger partial charge in [-0.05, 0) is 52.6 Å². The Morgan fingerprint density at radius 1 is 1.43 bits per heavy atom. The molecule has 2 N–H and O–H groups in total. The monoisotopic (exact) mass is 195 g/mol. The minimum atomic E-state index is 0.0745. The molecule has 0 fully saturated rings. The van der Waals surface area contributed by atoms with Gasteiger partial charge >= 0.3 is 0 Å². The Morgan fingerprint density at radius 3 is 2.50 bits per heavy atom. The average Bonchev–Trinajstić information content (AvgIpc) is 2.42. The molecule has 0 bridgehead atoms. The Hall–Kier alpha value is -0.830. The van der Waals surface area contributed by atoms with Crippen LogP contribution in [0.15, 0.2) is 6.20 Å². The maximum Gasteiger partial charge on any atom is 0.0546 e. The van der Waals surface area contributed by atoms with Crippen molar-refractivity contribution in [3.05, 3.63) is 17.5 Å². The smallest absolute Gasteiger partial charge is 0.0546 e. The van der Waals surface area contributed by atoms with Gasteiger partial charge in [-0.25, -0.2) is 0 Å². The van der Waals surface area contributed by atoms with Gasteiger partial charge in [-0.15, -0.1) is 0 Å². The minimum Gasteiger partial charge on any atom is -0.330 e. The first-order valence-corrected chi connectivity index (χ1v) is 5.21. The second kappa shape index (κ2) is 4.13. The van der Waals surface area contributed by atoms with Crippen LogP contribution in [0.5, 0.6) is 0 Å². The van der Waals surface area contributed by atoms with Crippen LogP contribution in [-0.2, 0) is 12.0 Å². The fourth-order valence-electron chi connectivity index (χ4n) is 1.66. The molecule has 0 aliphatic carbocycles. The molecular weight excluding hydrogens is 174 g/mol. The molecule has 0 radical (unpaired) electrons. The van der Waals surface area contributed by atoms with Gasteiger partial charge in [-0.1, -0.05) is 0 Å². The van der Waals surface area contributed by atoms with E-state index in [0.717, 1.165) is 19.4 Å².